The molecule has 2 aromatic carbocycles. The molecule has 0 atom stereocenters. The zero-order valence-corrected chi connectivity index (χ0v) is 20.5. The van der Waals surface area contributed by atoms with Gasteiger partial charge in [0.15, 0.2) is 0 Å². The molecule has 1 aromatic heterocycles. The van der Waals surface area contributed by atoms with Crippen molar-refractivity contribution in [2.24, 2.45) is 0 Å². The summed E-state index contributed by atoms with van der Waals surface area (Å²) in [6.45, 7) is 7.59. The van der Waals surface area contributed by atoms with E-state index in [1.54, 1.807) is 17.0 Å². The number of H-pyrrole nitrogens is 1. The van der Waals surface area contributed by atoms with Crippen molar-refractivity contribution in [3.63, 3.8) is 0 Å². The summed E-state index contributed by atoms with van der Waals surface area (Å²) in [4.78, 5) is 43.6. The number of carbonyl (C=O) groups is 3. The van der Waals surface area contributed by atoms with Gasteiger partial charge in [0.25, 0.3) is 11.8 Å². The summed E-state index contributed by atoms with van der Waals surface area (Å²) in [5.41, 5.74) is 5.15. The molecule has 0 spiro atoms. The van der Waals surface area contributed by atoms with Crippen LogP contribution >= 0.6 is 0 Å². The number of nitrogens with zero attached hydrogens (tertiary/aromatic N) is 1. The van der Waals surface area contributed by atoms with Crippen LogP contribution in [0.25, 0.3) is 10.9 Å². The number of rotatable bonds is 1. The highest BCUT2D eigenvalue weighted by Gasteiger charge is 2.19. The molecule has 1 aliphatic rings. The van der Waals surface area contributed by atoms with Gasteiger partial charge in [-0.2, -0.15) is 0 Å². The Balaban J connectivity index is 1.55. The van der Waals surface area contributed by atoms with E-state index in [9.17, 15) is 14.4 Å². The van der Waals surface area contributed by atoms with E-state index in [1.165, 1.54) is 0 Å². The second kappa shape index (κ2) is 10.6. The Morgan fingerprint density at radius 1 is 0.971 bits per heavy atom. The predicted molar refractivity (Wildman–Crippen MR) is 135 cm³/mol. The monoisotopic (exact) mass is 476 g/mol. The maximum Gasteiger partial charge on any atom is 0.255 e. The molecule has 8 nitrogen and oxygen atoms in total. The molecule has 35 heavy (non-hydrogen) atoms. The van der Waals surface area contributed by atoms with Crippen LogP contribution in [0.1, 0.15) is 50.4 Å². The van der Waals surface area contributed by atoms with Gasteiger partial charge in [-0.15, -0.1) is 0 Å². The molecule has 2 heterocycles. The quantitative estimate of drug-likeness (QED) is 0.502. The van der Waals surface area contributed by atoms with Crippen molar-refractivity contribution in [2.45, 2.75) is 33.6 Å². The van der Waals surface area contributed by atoms with Crippen molar-refractivity contribution < 1.29 is 19.1 Å². The average molecular weight is 477 g/mol. The number of nitrogens with one attached hydrogen (secondary N) is 3. The van der Waals surface area contributed by atoms with Crippen molar-refractivity contribution in [1.82, 2.24) is 20.5 Å². The number of aromatic nitrogens is 1. The second-order valence-corrected chi connectivity index (χ2v) is 8.99. The molecular formula is C27H32N4O4. The van der Waals surface area contributed by atoms with Gasteiger partial charge in [-0.05, 0) is 63.1 Å². The molecule has 0 unspecified atom stereocenters. The Labute approximate surface area is 205 Å². The van der Waals surface area contributed by atoms with Gasteiger partial charge in [0.1, 0.15) is 12.4 Å². The van der Waals surface area contributed by atoms with Crippen molar-refractivity contribution in [3.05, 3.63) is 64.3 Å². The number of ether oxygens (including phenoxy) is 1. The lowest BCUT2D eigenvalue weighted by Crippen LogP contribution is -2.39. The molecule has 0 radical (unpaired) electrons. The van der Waals surface area contributed by atoms with E-state index >= 15 is 0 Å². The molecule has 184 valence electrons. The standard InChI is InChI=1S/C27H32N4O4/c1-17-6-9-24-22(15-17)26(33)29-10-13-31(12-4-5-25(32)28-11-14-35-24)27(34)20-7-8-23-21(16-20)18(2)19(3)30-23/h6-9,15-16,30H,4-5,10-14H2,1-3H3,(H,28,32)(H,29,33). The number of hydrogen-bond acceptors (Lipinski definition) is 4. The molecule has 4 rings (SSSR count). The summed E-state index contributed by atoms with van der Waals surface area (Å²) in [6, 6.07) is 11.1. The van der Waals surface area contributed by atoms with Crippen LogP contribution in [0.4, 0.5) is 0 Å². The third-order valence-corrected chi connectivity index (χ3v) is 6.40. The first kappa shape index (κ1) is 24.3. The van der Waals surface area contributed by atoms with Gasteiger partial charge >= 0.3 is 0 Å². The minimum atomic E-state index is -0.255. The SMILES string of the molecule is Cc1ccc2c(c1)C(=O)NCCN(C(=O)c1ccc3[nH]c(C)c(C)c3c1)CCCC(=O)NCCO2. The Morgan fingerprint density at radius 2 is 1.80 bits per heavy atom. The molecule has 3 aromatic rings. The van der Waals surface area contributed by atoms with E-state index in [4.69, 9.17) is 4.74 Å². The van der Waals surface area contributed by atoms with E-state index in [1.807, 2.05) is 45.0 Å². The van der Waals surface area contributed by atoms with Crippen LogP contribution in [0.15, 0.2) is 36.4 Å². The number of amides is 3. The largest absolute Gasteiger partial charge is 0.491 e. The number of carbonyl (C=O) groups excluding carboxylic acids is 3. The second-order valence-electron chi connectivity index (χ2n) is 8.99. The van der Waals surface area contributed by atoms with Crippen LogP contribution in [-0.2, 0) is 4.79 Å². The van der Waals surface area contributed by atoms with Crippen LogP contribution in [-0.4, -0.2) is 60.4 Å². The fraction of sp³-hybridized carbons (Fsp3) is 0.370. The van der Waals surface area contributed by atoms with Gasteiger partial charge in [-0.25, -0.2) is 0 Å². The molecule has 1 aliphatic heterocycles. The minimum absolute atomic E-state index is 0.0888. The van der Waals surface area contributed by atoms with E-state index < -0.39 is 0 Å². The molecular weight excluding hydrogens is 444 g/mol. The summed E-state index contributed by atoms with van der Waals surface area (Å²) in [6.07, 6.45) is 0.831. The maximum atomic E-state index is 13.4. The summed E-state index contributed by atoms with van der Waals surface area (Å²) in [7, 11) is 0. The Hall–Kier alpha value is -3.81. The summed E-state index contributed by atoms with van der Waals surface area (Å²) < 4.78 is 5.76. The zero-order valence-electron chi connectivity index (χ0n) is 20.5. The van der Waals surface area contributed by atoms with Crippen molar-refractivity contribution >= 4 is 28.6 Å². The van der Waals surface area contributed by atoms with E-state index in [0.717, 1.165) is 27.7 Å². The average Bonchev–Trinajstić information content (AvgIpc) is 3.13. The zero-order chi connectivity index (χ0) is 24.9. The first-order valence-electron chi connectivity index (χ1n) is 12.0. The van der Waals surface area contributed by atoms with E-state index in [2.05, 4.69) is 15.6 Å². The smallest absolute Gasteiger partial charge is 0.255 e. The summed E-state index contributed by atoms with van der Waals surface area (Å²) in [5.74, 6) is 0.00298. The highest BCUT2D eigenvalue weighted by atomic mass is 16.5. The third kappa shape index (κ3) is 5.65. The molecule has 0 bridgehead atoms. The molecule has 0 aliphatic carbocycles. The van der Waals surface area contributed by atoms with Gasteiger partial charge in [0.2, 0.25) is 5.91 Å². The Kier molecular flexibility index (Phi) is 7.39. The van der Waals surface area contributed by atoms with Crippen molar-refractivity contribution in [1.29, 1.82) is 0 Å². The van der Waals surface area contributed by atoms with Crippen LogP contribution in [0.5, 0.6) is 5.75 Å². The van der Waals surface area contributed by atoms with Crippen LogP contribution in [0.3, 0.4) is 0 Å². The van der Waals surface area contributed by atoms with Gasteiger partial charge in [-0.1, -0.05) is 11.6 Å². The van der Waals surface area contributed by atoms with Gasteiger partial charge in [0.05, 0.1) is 12.1 Å². The van der Waals surface area contributed by atoms with Gasteiger partial charge < -0.3 is 25.3 Å². The lowest BCUT2D eigenvalue weighted by atomic mass is 10.1. The van der Waals surface area contributed by atoms with Gasteiger partial charge in [0, 0.05) is 48.2 Å². The number of fused-ring (bicyclic) bond motifs is 2. The molecule has 0 saturated carbocycles. The van der Waals surface area contributed by atoms with Crippen molar-refractivity contribution in [3.8, 4) is 5.75 Å². The van der Waals surface area contributed by atoms with E-state index in [0.29, 0.717) is 49.4 Å². The van der Waals surface area contributed by atoms with Crippen LogP contribution < -0.4 is 15.4 Å². The molecule has 0 fully saturated rings. The molecule has 8 heteroatoms. The van der Waals surface area contributed by atoms with Gasteiger partial charge in [-0.3, -0.25) is 14.4 Å². The maximum absolute atomic E-state index is 13.4. The Bertz CT molecular complexity index is 1260. The topological polar surface area (TPSA) is 104 Å². The highest BCUT2D eigenvalue weighted by molar-refractivity contribution is 5.99. The first-order chi connectivity index (χ1) is 16.8. The van der Waals surface area contributed by atoms with E-state index in [-0.39, 0.29) is 30.9 Å². The number of aryl methyl sites for hydroxylation is 3. The predicted octanol–water partition coefficient (Wildman–Crippen LogP) is 3.25. The fourth-order valence-electron chi connectivity index (χ4n) is 4.31. The van der Waals surface area contributed by atoms with Crippen LogP contribution in [0.2, 0.25) is 0 Å². The molecule has 0 saturated heterocycles. The lowest BCUT2D eigenvalue weighted by Gasteiger charge is -2.23. The van der Waals surface area contributed by atoms with Crippen LogP contribution in [0, 0.1) is 20.8 Å². The number of aromatic amines is 1. The van der Waals surface area contributed by atoms with Crippen molar-refractivity contribution in [2.75, 3.05) is 32.8 Å². The highest BCUT2D eigenvalue weighted by Crippen LogP contribution is 2.23. The normalized spacial score (nSPS) is 15.9. The summed E-state index contributed by atoms with van der Waals surface area (Å²) in [5, 5.41) is 6.78. The minimum Gasteiger partial charge on any atom is -0.491 e. The lowest BCUT2D eigenvalue weighted by molar-refractivity contribution is -0.121. The number of benzene rings is 2. The number of hydrogen-bond donors (Lipinski definition) is 3. The molecule has 3 amide bonds. The molecule has 3 N–H and O–H groups in total. The Morgan fingerprint density at radius 3 is 2.63 bits per heavy atom. The third-order valence-electron chi connectivity index (χ3n) is 6.40. The first-order valence-corrected chi connectivity index (χ1v) is 12.0. The fourth-order valence-corrected chi connectivity index (χ4v) is 4.31. The summed E-state index contributed by atoms with van der Waals surface area (Å²) >= 11 is 0.